The molecule has 0 fully saturated rings. The zero-order valence-electron chi connectivity index (χ0n) is 12.3. The highest BCUT2D eigenvalue weighted by Crippen LogP contribution is 2.36. The molecule has 0 aliphatic carbocycles. The molecule has 5 heteroatoms. The zero-order chi connectivity index (χ0) is 15.7. The van der Waals surface area contributed by atoms with Crippen molar-refractivity contribution in [1.29, 1.82) is 0 Å². The molecule has 0 saturated carbocycles. The van der Waals surface area contributed by atoms with Crippen molar-refractivity contribution < 1.29 is 9.53 Å². The first-order valence-electron chi connectivity index (χ1n) is 7.20. The number of hydrogen-bond donors (Lipinski definition) is 1. The van der Waals surface area contributed by atoms with Crippen molar-refractivity contribution in [3.63, 3.8) is 0 Å². The van der Waals surface area contributed by atoms with E-state index in [1.54, 1.807) is 17.0 Å². The summed E-state index contributed by atoms with van der Waals surface area (Å²) in [6, 6.07) is 12.8. The van der Waals surface area contributed by atoms with Gasteiger partial charge in [-0.1, -0.05) is 23.7 Å². The SMILES string of the molecule is CCN1C(=O)C(Cc2ccc(Cl)cc2)Oc2cc(N)ccc21. The summed E-state index contributed by atoms with van der Waals surface area (Å²) in [5, 5.41) is 0.674. The Morgan fingerprint density at radius 1 is 1.23 bits per heavy atom. The maximum absolute atomic E-state index is 12.6. The van der Waals surface area contributed by atoms with Crippen molar-refractivity contribution in [1.82, 2.24) is 0 Å². The van der Waals surface area contributed by atoms with E-state index in [0.29, 0.717) is 29.4 Å². The van der Waals surface area contributed by atoms with Crippen LogP contribution in [0.5, 0.6) is 5.75 Å². The first-order chi connectivity index (χ1) is 10.6. The molecule has 0 radical (unpaired) electrons. The Bertz CT molecular complexity index is 700. The lowest BCUT2D eigenvalue weighted by Gasteiger charge is -2.34. The van der Waals surface area contributed by atoms with Crippen LogP contribution in [0.25, 0.3) is 0 Å². The van der Waals surface area contributed by atoms with Crippen LogP contribution in [0.1, 0.15) is 12.5 Å². The number of nitrogens with two attached hydrogens (primary N) is 1. The van der Waals surface area contributed by atoms with Crippen molar-refractivity contribution >= 4 is 28.9 Å². The Balaban J connectivity index is 1.90. The Morgan fingerprint density at radius 3 is 2.64 bits per heavy atom. The molecular weight excluding hydrogens is 300 g/mol. The van der Waals surface area contributed by atoms with E-state index in [4.69, 9.17) is 22.1 Å². The Kier molecular flexibility index (Phi) is 3.94. The van der Waals surface area contributed by atoms with Gasteiger partial charge in [-0.25, -0.2) is 0 Å². The number of ether oxygens (including phenoxy) is 1. The summed E-state index contributed by atoms with van der Waals surface area (Å²) in [7, 11) is 0. The van der Waals surface area contributed by atoms with Crippen molar-refractivity contribution in [2.24, 2.45) is 0 Å². The van der Waals surface area contributed by atoms with E-state index in [9.17, 15) is 4.79 Å². The normalized spacial score (nSPS) is 17.1. The highest BCUT2D eigenvalue weighted by atomic mass is 35.5. The van der Waals surface area contributed by atoms with Crippen LogP contribution in [0, 0.1) is 0 Å². The fraction of sp³-hybridized carbons (Fsp3) is 0.235. The highest BCUT2D eigenvalue weighted by molar-refractivity contribution is 6.30. The highest BCUT2D eigenvalue weighted by Gasteiger charge is 2.33. The lowest BCUT2D eigenvalue weighted by Crippen LogP contribution is -2.46. The number of carbonyl (C=O) groups excluding carboxylic acids is 1. The third kappa shape index (κ3) is 2.74. The van der Waals surface area contributed by atoms with E-state index in [2.05, 4.69) is 0 Å². The number of halogens is 1. The molecule has 3 rings (SSSR count). The number of likely N-dealkylation sites (N-methyl/N-ethyl adjacent to an activating group) is 1. The molecule has 114 valence electrons. The van der Waals surface area contributed by atoms with Gasteiger partial charge in [-0.05, 0) is 36.8 Å². The van der Waals surface area contributed by atoms with E-state index >= 15 is 0 Å². The third-order valence-electron chi connectivity index (χ3n) is 3.74. The van der Waals surface area contributed by atoms with Crippen LogP contribution in [0.4, 0.5) is 11.4 Å². The second kappa shape index (κ2) is 5.89. The molecule has 1 atom stereocenters. The Labute approximate surface area is 134 Å². The average Bonchev–Trinajstić information content (AvgIpc) is 2.50. The summed E-state index contributed by atoms with van der Waals surface area (Å²) in [5.41, 5.74) is 8.22. The van der Waals surface area contributed by atoms with Crippen LogP contribution < -0.4 is 15.4 Å². The number of amides is 1. The number of carbonyl (C=O) groups is 1. The van der Waals surface area contributed by atoms with Gasteiger partial charge in [0.05, 0.1) is 5.69 Å². The van der Waals surface area contributed by atoms with Gasteiger partial charge in [0.1, 0.15) is 5.75 Å². The molecule has 0 saturated heterocycles. The predicted octanol–water partition coefficient (Wildman–Crippen LogP) is 3.28. The first-order valence-corrected chi connectivity index (χ1v) is 7.58. The van der Waals surface area contributed by atoms with Crippen molar-refractivity contribution in [3.05, 3.63) is 53.1 Å². The van der Waals surface area contributed by atoms with Crippen molar-refractivity contribution in [2.75, 3.05) is 17.2 Å². The van der Waals surface area contributed by atoms with Gasteiger partial charge < -0.3 is 15.4 Å². The summed E-state index contributed by atoms with van der Waals surface area (Å²) >= 11 is 5.89. The van der Waals surface area contributed by atoms with E-state index in [1.165, 1.54) is 0 Å². The summed E-state index contributed by atoms with van der Waals surface area (Å²) in [5.74, 6) is 0.620. The molecule has 2 aromatic rings. The smallest absolute Gasteiger partial charge is 0.268 e. The summed E-state index contributed by atoms with van der Waals surface area (Å²) < 4.78 is 5.89. The summed E-state index contributed by atoms with van der Waals surface area (Å²) in [4.78, 5) is 14.4. The quantitative estimate of drug-likeness (QED) is 0.884. The van der Waals surface area contributed by atoms with Crippen LogP contribution in [0.15, 0.2) is 42.5 Å². The van der Waals surface area contributed by atoms with Gasteiger partial charge in [-0.15, -0.1) is 0 Å². The second-order valence-corrected chi connectivity index (χ2v) is 5.68. The van der Waals surface area contributed by atoms with Gasteiger partial charge in [-0.3, -0.25) is 4.79 Å². The van der Waals surface area contributed by atoms with Gasteiger partial charge >= 0.3 is 0 Å². The molecule has 0 bridgehead atoms. The fourth-order valence-corrected chi connectivity index (χ4v) is 2.76. The van der Waals surface area contributed by atoms with Crippen LogP contribution >= 0.6 is 11.6 Å². The molecule has 0 aromatic heterocycles. The standard InChI is InChI=1S/C17H17ClN2O2/c1-2-20-14-8-7-13(19)10-15(14)22-16(17(20)21)9-11-3-5-12(18)6-4-11/h3-8,10,16H,2,9,19H2,1H3. The number of rotatable bonds is 3. The average molecular weight is 317 g/mol. The monoisotopic (exact) mass is 316 g/mol. The number of benzene rings is 2. The Hall–Kier alpha value is -2.20. The number of fused-ring (bicyclic) bond motifs is 1. The van der Waals surface area contributed by atoms with E-state index < -0.39 is 6.10 Å². The van der Waals surface area contributed by atoms with E-state index in [-0.39, 0.29) is 5.91 Å². The molecule has 4 nitrogen and oxygen atoms in total. The molecule has 1 unspecified atom stereocenters. The fourth-order valence-electron chi connectivity index (χ4n) is 2.63. The van der Waals surface area contributed by atoms with E-state index in [1.807, 2.05) is 37.3 Å². The summed E-state index contributed by atoms with van der Waals surface area (Å²) in [6.45, 7) is 2.54. The van der Waals surface area contributed by atoms with Gasteiger partial charge in [0.2, 0.25) is 0 Å². The van der Waals surface area contributed by atoms with E-state index in [0.717, 1.165) is 11.3 Å². The van der Waals surface area contributed by atoms with Crippen molar-refractivity contribution in [2.45, 2.75) is 19.4 Å². The van der Waals surface area contributed by atoms with Crippen LogP contribution in [0.2, 0.25) is 5.02 Å². The second-order valence-electron chi connectivity index (χ2n) is 5.25. The van der Waals surface area contributed by atoms with Crippen molar-refractivity contribution in [3.8, 4) is 5.75 Å². The molecule has 2 aromatic carbocycles. The number of nitrogen functional groups attached to an aromatic ring is 1. The molecule has 2 N–H and O–H groups in total. The Morgan fingerprint density at radius 2 is 1.95 bits per heavy atom. The number of hydrogen-bond acceptors (Lipinski definition) is 3. The third-order valence-corrected chi connectivity index (χ3v) is 3.99. The van der Waals surface area contributed by atoms with Gasteiger partial charge in [0.25, 0.3) is 5.91 Å². The van der Waals surface area contributed by atoms with Gasteiger partial charge in [0, 0.05) is 29.7 Å². The van der Waals surface area contributed by atoms with Crippen LogP contribution in [-0.2, 0) is 11.2 Å². The minimum absolute atomic E-state index is 0.0327. The molecule has 1 aliphatic heterocycles. The predicted molar refractivity (Wildman–Crippen MR) is 88.5 cm³/mol. The number of anilines is 2. The van der Waals surface area contributed by atoms with Crippen LogP contribution in [-0.4, -0.2) is 18.6 Å². The first kappa shape index (κ1) is 14.7. The van der Waals surface area contributed by atoms with Crippen LogP contribution in [0.3, 0.4) is 0 Å². The molecule has 1 heterocycles. The largest absolute Gasteiger partial charge is 0.478 e. The van der Waals surface area contributed by atoms with Gasteiger partial charge in [0.15, 0.2) is 6.10 Å². The molecule has 22 heavy (non-hydrogen) atoms. The maximum atomic E-state index is 12.6. The zero-order valence-corrected chi connectivity index (χ0v) is 13.0. The minimum atomic E-state index is -0.546. The molecule has 1 amide bonds. The van der Waals surface area contributed by atoms with Gasteiger partial charge in [-0.2, -0.15) is 0 Å². The molecule has 1 aliphatic rings. The topological polar surface area (TPSA) is 55.6 Å². The summed E-state index contributed by atoms with van der Waals surface area (Å²) in [6.07, 6.45) is -0.0452. The number of nitrogens with zero attached hydrogens (tertiary/aromatic N) is 1. The maximum Gasteiger partial charge on any atom is 0.268 e. The minimum Gasteiger partial charge on any atom is -0.478 e. The lowest BCUT2D eigenvalue weighted by atomic mass is 10.0. The molecular formula is C17H17ClN2O2. The lowest BCUT2D eigenvalue weighted by molar-refractivity contribution is -0.126. The molecule has 0 spiro atoms.